The third kappa shape index (κ3) is 4.50. The van der Waals surface area contributed by atoms with Gasteiger partial charge in [-0.25, -0.2) is 4.39 Å². The van der Waals surface area contributed by atoms with Gasteiger partial charge >= 0.3 is 5.97 Å². The molecule has 0 aromatic heterocycles. The quantitative estimate of drug-likeness (QED) is 0.461. The van der Waals surface area contributed by atoms with E-state index in [1.165, 1.54) is 36.4 Å². The topological polar surface area (TPSA) is 78.7 Å². The summed E-state index contributed by atoms with van der Waals surface area (Å²) in [6, 6.07) is 9.43. The fraction of sp³-hybridized carbons (Fsp3) is 0.188. The van der Waals surface area contributed by atoms with E-state index in [0.717, 1.165) is 0 Å². The third-order valence-corrected chi connectivity index (χ3v) is 2.93. The Morgan fingerprint density at radius 1 is 1.22 bits per heavy atom. The second-order valence-electron chi connectivity index (χ2n) is 4.60. The van der Waals surface area contributed by atoms with E-state index in [9.17, 15) is 19.3 Å². The van der Waals surface area contributed by atoms with Gasteiger partial charge in [0.05, 0.1) is 18.0 Å². The number of carbonyl (C=O) groups excluding carboxylic acids is 1. The standard InChI is InChI=1S/C16H14FNO5/c1-2-22-16(19)10-11-3-8-15(14(17)9-11)23-13-6-4-12(5-7-13)18(20)21/h3-9H,2,10H2,1H3. The van der Waals surface area contributed by atoms with Gasteiger partial charge in [0.15, 0.2) is 11.6 Å². The maximum atomic E-state index is 14.0. The minimum atomic E-state index is -0.634. The van der Waals surface area contributed by atoms with Crippen LogP contribution < -0.4 is 4.74 Å². The zero-order chi connectivity index (χ0) is 16.8. The Morgan fingerprint density at radius 3 is 2.48 bits per heavy atom. The highest BCUT2D eigenvalue weighted by Crippen LogP contribution is 2.26. The number of carbonyl (C=O) groups is 1. The highest BCUT2D eigenvalue weighted by atomic mass is 19.1. The highest BCUT2D eigenvalue weighted by molar-refractivity contribution is 5.72. The van der Waals surface area contributed by atoms with Crippen molar-refractivity contribution in [3.63, 3.8) is 0 Å². The molecule has 2 rings (SSSR count). The molecule has 0 atom stereocenters. The van der Waals surface area contributed by atoms with Crippen LogP contribution in [0.1, 0.15) is 12.5 Å². The third-order valence-electron chi connectivity index (χ3n) is 2.93. The first-order valence-corrected chi connectivity index (χ1v) is 6.86. The minimum Gasteiger partial charge on any atom is -0.466 e. The first-order valence-electron chi connectivity index (χ1n) is 6.86. The second-order valence-corrected chi connectivity index (χ2v) is 4.60. The van der Waals surface area contributed by atoms with Crippen LogP contribution in [-0.4, -0.2) is 17.5 Å². The van der Waals surface area contributed by atoms with Crippen LogP contribution in [0.25, 0.3) is 0 Å². The van der Waals surface area contributed by atoms with Crippen molar-refractivity contribution in [2.24, 2.45) is 0 Å². The molecule has 0 saturated carbocycles. The molecule has 0 aliphatic heterocycles. The molecule has 23 heavy (non-hydrogen) atoms. The predicted octanol–water partition coefficient (Wildman–Crippen LogP) is 3.63. The summed E-state index contributed by atoms with van der Waals surface area (Å²) in [5.74, 6) is -0.833. The molecule has 0 amide bonds. The lowest BCUT2D eigenvalue weighted by Gasteiger charge is -2.08. The second kappa shape index (κ2) is 7.35. The molecular weight excluding hydrogens is 305 g/mol. The van der Waals surface area contributed by atoms with Crippen molar-refractivity contribution in [2.75, 3.05) is 6.61 Å². The average Bonchev–Trinajstić information content (AvgIpc) is 2.51. The van der Waals surface area contributed by atoms with Crippen LogP contribution in [0.2, 0.25) is 0 Å². The summed E-state index contributed by atoms with van der Waals surface area (Å²) in [7, 11) is 0. The summed E-state index contributed by atoms with van der Waals surface area (Å²) in [6.45, 7) is 1.96. The monoisotopic (exact) mass is 319 g/mol. The Bertz CT molecular complexity index is 715. The van der Waals surface area contributed by atoms with E-state index in [2.05, 4.69) is 0 Å². The summed E-state index contributed by atoms with van der Waals surface area (Å²) in [5, 5.41) is 10.6. The van der Waals surface area contributed by atoms with Crippen LogP contribution in [0.4, 0.5) is 10.1 Å². The van der Waals surface area contributed by atoms with E-state index in [1.807, 2.05) is 0 Å². The van der Waals surface area contributed by atoms with Crippen molar-refractivity contribution in [3.8, 4) is 11.5 Å². The lowest BCUT2D eigenvalue weighted by Crippen LogP contribution is -2.07. The summed E-state index contributed by atoms with van der Waals surface area (Å²) in [5.41, 5.74) is 0.389. The lowest BCUT2D eigenvalue weighted by atomic mass is 10.1. The maximum Gasteiger partial charge on any atom is 0.310 e. The Kier molecular flexibility index (Phi) is 5.24. The molecule has 7 heteroatoms. The van der Waals surface area contributed by atoms with Crippen molar-refractivity contribution in [1.29, 1.82) is 0 Å². The van der Waals surface area contributed by atoms with E-state index in [4.69, 9.17) is 9.47 Å². The molecule has 0 bridgehead atoms. The largest absolute Gasteiger partial charge is 0.466 e. The number of nitro groups is 1. The van der Waals surface area contributed by atoms with Gasteiger partial charge in [0.1, 0.15) is 5.75 Å². The number of hydrogen-bond acceptors (Lipinski definition) is 5. The Labute approximate surface area is 131 Å². The first-order chi connectivity index (χ1) is 11.0. The SMILES string of the molecule is CCOC(=O)Cc1ccc(Oc2ccc([N+](=O)[O-])cc2)c(F)c1. The van der Waals surface area contributed by atoms with E-state index >= 15 is 0 Å². The zero-order valence-corrected chi connectivity index (χ0v) is 12.3. The molecule has 0 aliphatic carbocycles. The van der Waals surface area contributed by atoms with E-state index < -0.39 is 16.7 Å². The van der Waals surface area contributed by atoms with Crippen molar-refractivity contribution in [2.45, 2.75) is 13.3 Å². The number of esters is 1. The number of ether oxygens (including phenoxy) is 2. The van der Waals surface area contributed by atoms with Crippen molar-refractivity contribution in [1.82, 2.24) is 0 Å². The van der Waals surface area contributed by atoms with Crippen LogP contribution in [0.5, 0.6) is 11.5 Å². The number of non-ortho nitro benzene ring substituents is 1. The van der Waals surface area contributed by atoms with Gasteiger partial charge in [0.2, 0.25) is 0 Å². The number of rotatable bonds is 6. The molecule has 0 fully saturated rings. The number of nitro benzene ring substituents is 1. The Morgan fingerprint density at radius 2 is 1.91 bits per heavy atom. The molecule has 0 unspecified atom stereocenters. The fourth-order valence-corrected chi connectivity index (χ4v) is 1.88. The van der Waals surface area contributed by atoms with Gasteiger partial charge in [-0.3, -0.25) is 14.9 Å². The van der Waals surface area contributed by atoms with Gasteiger partial charge in [-0.2, -0.15) is 0 Å². The molecular formula is C16H14FNO5. The van der Waals surface area contributed by atoms with Crippen LogP contribution in [0.3, 0.4) is 0 Å². The number of hydrogen-bond donors (Lipinski definition) is 0. The van der Waals surface area contributed by atoms with E-state index in [0.29, 0.717) is 5.56 Å². The smallest absolute Gasteiger partial charge is 0.310 e. The molecule has 0 saturated heterocycles. The van der Waals surface area contributed by atoms with Crippen LogP contribution in [0.15, 0.2) is 42.5 Å². The molecule has 0 spiro atoms. The molecule has 0 heterocycles. The van der Waals surface area contributed by atoms with Crippen molar-refractivity contribution >= 4 is 11.7 Å². The van der Waals surface area contributed by atoms with Crippen LogP contribution >= 0.6 is 0 Å². The lowest BCUT2D eigenvalue weighted by molar-refractivity contribution is -0.384. The number of nitrogens with zero attached hydrogens (tertiary/aromatic N) is 1. The summed E-state index contributed by atoms with van der Waals surface area (Å²) < 4.78 is 24.1. The molecule has 0 aliphatic rings. The van der Waals surface area contributed by atoms with Gasteiger partial charge in [-0.05, 0) is 36.8 Å². The van der Waals surface area contributed by atoms with Gasteiger partial charge in [-0.1, -0.05) is 6.07 Å². The highest BCUT2D eigenvalue weighted by Gasteiger charge is 2.11. The zero-order valence-electron chi connectivity index (χ0n) is 12.3. The first kappa shape index (κ1) is 16.4. The number of benzene rings is 2. The maximum absolute atomic E-state index is 14.0. The summed E-state index contributed by atoms with van der Waals surface area (Å²) in [4.78, 5) is 21.4. The van der Waals surface area contributed by atoms with Crippen molar-refractivity contribution in [3.05, 3.63) is 64.0 Å². The predicted molar refractivity (Wildman–Crippen MR) is 79.9 cm³/mol. The van der Waals surface area contributed by atoms with E-state index in [1.54, 1.807) is 13.0 Å². The van der Waals surface area contributed by atoms with Gasteiger partial charge in [-0.15, -0.1) is 0 Å². The average molecular weight is 319 g/mol. The fourth-order valence-electron chi connectivity index (χ4n) is 1.88. The molecule has 0 radical (unpaired) electrons. The summed E-state index contributed by atoms with van der Waals surface area (Å²) in [6.07, 6.45) is -0.0252. The van der Waals surface area contributed by atoms with E-state index in [-0.39, 0.29) is 30.2 Å². The van der Waals surface area contributed by atoms with Crippen LogP contribution in [-0.2, 0) is 16.0 Å². The Hall–Kier alpha value is -2.96. The summed E-state index contributed by atoms with van der Waals surface area (Å²) >= 11 is 0. The molecule has 0 N–H and O–H groups in total. The molecule has 2 aromatic rings. The molecule has 6 nitrogen and oxygen atoms in total. The van der Waals surface area contributed by atoms with Gasteiger partial charge in [0.25, 0.3) is 5.69 Å². The van der Waals surface area contributed by atoms with Crippen LogP contribution in [0, 0.1) is 15.9 Å². The molecule has 120 valence electrons. The molecule has 2 aromatic carbocycles. The van der Waals surface area contributed by atoms with Crippen molar-refractivity contribution < 1.29 is 23.6 Å². The normalized spacial score (nSPS) is 10.2. The Balaban J connectivity index is 2.08. The van der Waals surface area contributed by atoms with Gasteiger partial charge < -0.3 is 9.47 Å². The minimum absolute atomic E-state index is 0.0252. The van der Waals surface area contributed by atoms with Gasteiger partial charge in [0, 0.05) is 12.1 Å². The number of halogens is 1.